The molecule has 5 nitrogen and oxygen atoms in total. The van der Waals surface area contributed by atoms with Crippen LogP contribution in [0.1, 0.15) is 33.2 Å². The molecule has 5 heteroatoms. The molecule has 0 N–H and O–H groups in total. The van der Waals surface area contributed by atoms with Crippen LogP contribution in [0.25, 0.3) is 22.6 Å². The van der Waals surface area contributed by atoms with Crippen molar-refractivity contribution in [1.82, 2.24) is 0 Å². The maximum atomic E-state index is 13.7. The van der Waals surface area contributed by atoms with Crippen molar-refractivity contribution in [2.45, 2.75) is 6.92 Å². The Morgan fingerprint density at radius 2 is 1.19 bits per heavy atom. The summed E-state index contributed by atoms with van der Waals surface area (Å²) in [5.41, 5.74) is 0.183. The first-order valence-electron chi connectivity index (χ1n) is 10.2. The summed E-state index contributed by atoms with van der Waals surface area (Å²) in [4.78, 5) is 40.0. The summed E-state index contributed by atoms with van der Waals surface area (Å²) in [7, 11) is 0. The Bertz CT molecular complexity index is 1310. The lowest BCUT2D eigenvalue weighted by atomic mass is 9.95. The third kappa shape index (κ3) is 4.01. The lowest BCUT2D eigenvalue weighted by molar-refractivity contribution is 0.0523. The van der Waals surface area contributed by atoms with Crippen molar-refractivity contribution in [3.8, 4) is 22.6 Å². The fraction of sp³-hybridized carbons (Fsp3) is 0.0741. The number of esters is 1. The Morgan fingerprint density at radius 3 is 1.69 bits per heavy atom. The van der Waals surface area contributed by atoms with Gasteiger partial charge in [-0.1, -0.05) is 91.0 Å². The van der Waals surface area contributed by atoms with Crippen LogP contribution in [0, 0.1) is 0 Å². The first-order chi connectivity index (χ1) is 15.6. The molecule has 0 bridgehead atoms. The molecule has 1 heterocycles. The standard InChI is InChI=1S/C27H20O5/c1-2-31-27(30)22-24(29)21(23(28)18-12-6-3-7-13-18)25(19-14-8-4-9-15-19)32-26(22)20-16-10-5-11-17-20/h3-17H,2H2,1H3. The van der Waals surface area contributed by atoms with Gasteiger partial charge >= 0.3 is 5.97 Å². The Labute approximate surface area is 184 Å². The van der Waals surface area contributed by atoms with Crippen LogP contribution in [-0.4, -0.2) is 18.4 Å². The second kappa shape index (κ2) is 9.27. The van der Waals surface area contributed by atoms with E-state index in [1.54, 1.807) is 85.8 Å². The van der Waals surface area contributed by atoms with Crippen LogP contribution in [0.4, 0.5) is 0 Å². The number of carbonyl (C=O) groups excluding carboxylic acids is 2. The summed E-state index contributed by atoms with van der Waals surface area (Å²) in [6.07, 6.45) is 0. The third-order valence-electron chi connectivity index (χ3n) is 4.93. The highest BCUT2D eigenvalue weighted by Crippen LogP contribution is 2.31. The lowest BCUT2D eigenvalue weighted by Crippen LogP contribution is -2.26. The predicted molar refractivity (Wildman–Crippen MR) is 122 cm³/mol. The summed E-state index contributed by atoms with van der Waals surface area (Å²) < 4.78 is 11.3. The second-order valence-corrected chi connectivity index (χ2v) is 6.99. The van der Waals surface area contributed by atoms with Gasteiger partial charge < -0.3 is 9.15 Å². The number of benzene rings is 3. The minimum absolute atomic E-state index is 0.0671. The summed E-state index contributed by atoms with van der Waals surface area (Å²) in [6.45, 7) is 1.73. The van der Waals surface area contributed by atoms with Crippen LogP contribution in [0.15, 0.2) is 100 Å². The quantitative estimate of drug-likeness (QED) is 0.307. The molecule has 0 aliphatic carbocycles. The maximum absolute atomic E-state index is 13.7. The molecule has 0 amide bonds. The Kier molecular flexibility index (Phi) is 6.08. The topological polar surface area (TPSA) is 73.6 Å². The van der Waals surface area contributed by atoms with Gasteiger partial charge in [0, 0.05) is 16.7 Å². The number of carbonyl (C=O) groups is 2. The summed E-state index contributed by atoms with van der Waals surface area (Å²) in [6, 6.07) is 26.1. The van der Waals surface area contributed by atoms with E-state index >= 15 is 0 Å². The highest BCUT2D eigenvalue weighted by atomic mass is 16.5. The van der Waals surface area contributed by atoms with Crippen molar-refractivity contribution >= 4 is 11.8 Å². The van der Waals surface area contributed by atoms with E-state index in [4.69, 9.17) is 9.15 Å². The minimum atomic E-state index is -0.832. The minimum Gasteiger partial charge on any atom is -0.462 e. The second-order valence-electron chi connectivity index (χ2n) is 6.99. The Morgan fingerprint density at radius 1 is 0.719 bits per heavy atom. The smallest absolute Gasteiger partial charge is 0.346 e. The van der Waals surface area contributed by atoms with Crippen LogP contribution in [0.2, 0.25) is 0 Å². The fourth-order valence-corrected chi connectivity index (χ4v) is 3.45. The van der Waals surface area contributed by atoms with Gasteiger partial charge in [0.15, 0.2) is 11.3 Å². The van der Waals surface area contributed by atoms with E-state index in [9.17, 15) is 14.4 Å². The van der Waals surface area contributed by atoms with Gasteiger partial charge in [-0.05, 0) is 6.92 Å². The molecule has 0 atom stereocenters. The number of ether oxygens (including phenoxy) is 1. The van der Waals surface area contributed by atoms with Crippen molar-refractivity contribution in [2.24, 2.45) is 0 Å². The monoisotopic (exact) mass is 424 g/mol. The van der Waals surface area contributed by atoms with Gasteiger partial charge in [0.25, 0.3) is 0 Å². The molecular formula is C27H20O5. The molecule has 0 unspecified atom stereocenters. The molecule has 32 heavy (non-hydrogen) atoms. The van der Waals surface area contributed by atoms with E-state index in [0.717, 1.165) is 0 Å². The van der Waals surface area contributed by atoms with Crippen molar-refractivity contribution in [1.29, 1.82) is 0 Å². The zero-order valence-electron chi connectivity index (χ0n) is 17.4. The molecule has 0 radical (unpaired) electrons. The Hall–Kier alpha value is -4.25. The molecule has 0 aliphatic heterocycles. The third-order valence-corrected chi connectivity index (χ3v) is 4.93. The van der Waals surface area contributed by atoms with E-state index in [1.165, 1.54) is 0 Å². The van der Waals surface area contributed by atoms with Gasteiger partial charge in [-0.25, -0.2) is 4.79 Å². The van der Waals surface area contributed by atoms with Crippen LogP contribution in [-0.2, 0) is 4.74 Å². The van der Waals surface area contributed by atoms with E-state index in [2.05, 4.69) is 0 Å². The number of rotatable bonds is 6. The SMILES string of the molecule is CCOC(=O)c1c(-c2ccccc2)oc(-c2ccccc2)c(C(=O)c2ccccc2)c1=O. The number of ketones is 1. The van der Waals surface area contributed by atoms with Crippen LogP contribution in [0.3, 0.4) is 0 Å². The Balaban J connectivity index is 2.08. The molecule has 0 saturated heterocycles. The zero-order valence-corrected chi connectivity index (χ0v) is 17.4. The van der Waals surface area contributed by atoms with Crippen LogP contribution < -0.4 is 5.43 Å². The molecule has 0 fully saturated rings. The van der Waals surface area contributed by atoms with Crippen molar-refractivity contribution < 1.29 is 18.7 Å². The summed E-state index contributed by atoms with van der Waals surface area (Å²) >= 11 is 0. The van der Waals surface area contributed by atoms with Crippen molar-refractivity contribution in [2.75, 3.05) is 6.61 Å². The molecule has 0 saturated carbocycles. The molecule has 4 rings (SSSR count). The summed E-state index contributed by atoms with van der Waals surface area (Å²) in [5, 5.41) is 0. The first kappa shape index (κ1) is 21.0. The zero-order chi connectivity index (χ0) is 22.5. The van der Waals surface area contributed by atoms with Crippen molar-refractivity contribution in [3.05, 3.63) is 118 Å². The maximum Gasteiger partial charge on any atom is 0.346 e. The normalized spacial score (nSPS) is 10.5. The van der Waals surface area contributed by atoms with Crippen LogP contribution >= 0.6 is 0 Å². The van der Waals surface area contributed by atoms with Crippen molar-refractivity contribution in [3.63, 3.8) is 0 Å². The molecule has 1 aromatic heterocycles. The van der Waals surface area contributed by atoms with Gasteiger partial charge in [0.05, 0.1) is 6.61 Å². The molecule has 4 aromatic rings. The molecular weight excluding hydrogens is 404 g/mol. The fourth-order valence-electron chi connectivity index (χ4n) is 3.45. The van der Waals surface area contributed by atoms with E-state index in [1.807, 2.05) is 12.1 Å². The average Bonchev–Trinajstić information content (AvgIpc) is 2.84. The van der Waals surface area contributed by atoms with E-state index in [-0.39, 0.29) is 29.3 Å². The van der Waals surface area contributed by atoms with Gasteiger partial charge in [-0.15, -0.1) is 0 Å². The number of hydrogen-bond acceptors (Lipinski definition) is 5. The molecule has 0 aliphatic rings. The van der Waals surface area contributed by atoms with E-state index in [0.29, 0.717) is 16.7 Å². The number of hydrogen-bond donors (Lipinski definition) is 0. The van der Waals surface area contributed by atoms with Gasteiger partial charge in [0.1, 0.15) is 11.3 Å². The van der Waals surface area contributed by atoms with Gasteiger partial charge in [-0.3, -0.25) is 9.59 Å². The van der Waals surface area contributed by atoms with Crippen LogP contribution in [0.5, 0.6) is 0 Å². The summed E-state index contributed by atoms with van der Waals surface area (Å²) in [5.74, 6) is -1.18. The molecule has 3 aromatic carbocycles. The first-order valence-corrected chi connectivity index (χ1v) is 10.2. The largest absolute Gasteiger partial charge is 0.462 e. The van der Waals surface area contributed by atoms with Gasteiger partial charge in [-0.2, -0.15) is 0 Å². The average molecular weight is 424 g/mol. The molecule has 0 spiro atoms. The highest BCUT2D eigenvalue weighted by Gasteiger charge is 2.30. The van der Waals surface area contributed by atoms with E-state index < -0.39 is 17.2 Å². The molecule has 158 valence electrons. The predicted octanol–water partition coefficient (Wildman–Crippen LogP) is 5.38. The lowest BCUT2D eigenvalue weighted by Gasteiger charge is -2.14. The highest BCUT2D eigenvalue weighted by molar-refractivity contribution is 6.13. The van der Waals surface area contributed by atoms with Gasteiger partial charge in [0.2, 0.25) is 11.2 Å².